The summed E-state index contributed by atoms with van der Waals surface area (Å²) in [6, 6.07) is 6.65. The molecular weight excluding hydrogens is 222 g/mol. The molecule has 0 aromatic heterocycles. The molecule has 0 aliphatic rings. The van der Waals surface area contributed by atoms with Crippen molar-refractivity contribution in [3.63, 3.8) is 0 Å². The van der Waals surface area contributed by atoms with Gasteiger partial charge in [0.05, 0.1) is 7.11 Å². The van der Waals surface area contributed by atoms with Crippen molar-refractivity contribution in [2.24, 2.45) is 0 Å². The van der Waals surface area contributed by atoms with E-state index in [1.807, 2.05) is 0 Å². The number of carboxylic acids is 1. The van der Waals surface area contributed by atoms with Crippen LogP contribution in [0.4, 0.5) is 0 Å². The predicted molar refractivity (Wildman–Crippen MR) is 62.2 cm³/mol. The van der Waals surface area contributed by atoms with Gasteiger partial charge in [-0.25, -0.2) is 0 Å². The van der Waals surface area contributed by atoms with E-state index >= 15 is 0 Å². The van der Waals surface area contributed by atoms with Gasteiger partial charge in [0.1, 0.15) is 12.3 Å². The van der Waals surface area contributed by atoms with Gasteiger partial charge in [0, 0.05) is 12.1 Å². The molecule has 5 nitrogen and oxygen atoms in total. The Bertz CT molecular complexity index is 417. The van der Waals surface area contributed by atoms with Crippen molar-refractivity contribution < 1.29 is 19.4 Å². The van der Waals surface area contributed by atoms with Gasteiger partial charge >= 0.3 is 5.97 Å². The van der Waals surface area contributed by atoms with Gasteiger partial charge in [0.25, 0.3) is 5.91 Å². The fourth-order valence-electron chi connectivity index (χ4n) is 1.43. The average molecular weight is 237 g/mol. The van der Waals surface area contributed by atoms with Crippen LogP contribution in [-0.2, 0) is 4.79 Å². The number of hydrogen-bond acceptors (Lipinski definition) is 3. The molecule has 0 unspecified atom stereocenters. The number of methoxy groups -OCH3 is 1. The number of carboxylic acid groups (broad SMARTS) is 1. The van der Waals surface area contributed by atoms with Crippen LogP contribution < -0.4 is 4.74 Å². The van der Waals surface area contributed by atoms with Crippen LogP contribution in [0.15, 0.2) is 24.3 Å². The Morgan fingerprint density at radius 3 is 2.65 bits per heavy atom. The molecule has 1 amide bonds. The SMILES string of the molecule is CCN(CC(=O)O)C(=O)c1cccc(OC)c1. The lowest BCUT2D eigenvalue weighted by Crippen LogP contribution is -2.35. The van der Waals surface area contributed by atoms with Gasteiger partial charge in [-0.05, 0) is 25.1 Å². The minimum Gasteiger partial charge on any atom is -0.497 e. The van der Waals surface area contributed by atoms with Gasteiger partial charge in [-0.2, -0.15) is 0 Å². The fourth-order valence-corrected chi connectivity index (χ4v) is 1.43. The Morgan fingerprint density at radius 1 is 1.41 bits per heavy atom. The second-order valence-electron chi connectivity index (χ2n) is 3.45. The zero-order valence-electron chi connectivity index (χ0n) is 9.84. The largest absolute Gasteiger partial charge is 0.497 e. The Kier molecular flexibility index (Phi) is 4.51. The van der Waals surface area contributed by atoms with Gasteiger partial charge in [-0.1, -0.05) is 6.07 Å². The highest BCUT2D eigenvalue weighted by molar-refractivity contribution is 5.96. The minimum absolute atomic E-state index is 0.299. The fraction of sp³-hybridized carbons (Fsp3) is 0.333. The molecule has 1 aromatic carbocycles. The van der Waals surface area contributed by atoms with E-state index in [1.54, 1.807) is 31.2 Å². The summed E-state index contributed by atoms with van der Waals surface area (Å²) in [6.07, 6.45) is 0. The number of carbonyl (C=O) groups excluding carboxylic acids is 1. The molecule has 17 heavy (non-hydrogen) atoms. The Labute approximate surface area is 99.6 Å². The van der Waals surface area contributed by atoms with Crippen LogP contribution in [0, 0.1) is 0 Å². The summed E-state index contributed by atoms with van der Waals surface area (Å²) >= 11 is 0. The first-order valence-electron chi connectivity index (χ1n) is 5.23. The molecule has 1 rings (SSSR count). The molecule has 0 saturated carbocycles. The normalized spacial score (nSPS) is 9.76. The van der Waals surface area contributed by atoms with Gasteiger partial charge in [0.2, 0.25) is 0 Å². The summed E-state index contributed by atoms with van der Waals surface area (Å²) in [7, 11) is 1.51. The van der Waals surface area contributed by atoms with Crippen molar-refractivity contribution in [1.82, 2.24) is 4.90 Å². The van der Waals surface area contributed by atoms with Crippen molar-refractivity contribution >= 4 is 11.9 Å². The van der Waals surface area contributed by atoms with Crippen LogP contribution >= 0.6 is 0 Å². The molecule has 0 spiro atoms. The van der Waals surface area contributed by atoms with Crippen LogP contribution in [0.5, 0.6) is 5.75 Å². The quantitative estimate of drug-likeness (QED) is 0.836. The van der Waals surface area contributed by atoms with Gasteiger partial charge in [0.15, 0.2) is 0 Å². The lowest BCUT2D eigenvalue weighted by Gasteiger charge is -2.18. The molecule has 0 fully saturated rings. The summed E-state index contributed by atoms with van der Waals surface area (Å²) in [5, 5.41) is 8.69. The van der Waals surface area contributed by atoms with Crippen molar-refractivity contribution in [2.75, 3.05) is 20.2 Å². The van der Waals surface area contributed by atoms with Crippen molar-refractivity contribution in [1.29, 1.82) is 0 Å². The highest BCUT2D eigenvalue weighted by atomic mass is 16.5. The van der Waals surface area contributed by atoms with E-state index in [4.69, 9.17) is 9.84 Å². The monoisotopic (exact) mass is 237 g/mol. The molecule has 0 heterocycles. The zero-order valence-corrected chi connectivity index (χ0v) is 9.84. The third-order valence-corrected chi connectivity index (χ3v) is 2.31. The third-order valence-electron chi connectivity index (χ3n) is 2.31. The molecule has 0 saturated heterocycles. The molecular formula is C12H15NO4. The molecule has 92 valence electrons. The first-order valence-corrected chi connectivity index (χ1v) is 5.23. The maximum atomic E-state index is 12.0. The molecule has 0 aliphatic carbocycles. The zero-order chi connectivity index (χ0) is 12.8. The van der Waals surface area contributed by atoms with E-state index in [0.29, 0.717) is 17.9 Å². The lowest BCUT2D eigenvalue weighted by molar-refractivity contribution is -0.137. The van der Waals surface area contributed by atoms with E-state index in [2.05, 4.69) is 0 Å². The second kappa shape index (κ2) is 5.89. The van der Waals surface area contributed by atoms with Gasteiger partial charge in [-0.15, -0.1) is 0 Å². The maximum Gasteiger partial charge on any atom is 0.323 e. The summed E-state index contributed by atoms with van der Waals surface area (Å²) < 4.78 is 5.01. The molecule has 0 aliphatic heterocycles. The standard InChI is InChI=1S/C12H15NO4/c1-3-13(8-11(14)15)12(16)9-5-4-6-10(7-9)17-2/h4-7H,3,8H2,1-2H3,(H,14,15). The minimum atomic E-state index is -1.02. The number of ether oxygens (including phenoxy) is 1. The first kappa shape index (κ1) is 13.0. The molecule has 1 N–H and O–H groups in total. The lowest BCUT2D eigenvalue weighted by atomic mass is 10.2. The van der Waals surface area contributed by atoms with E-state index < -0.39 is 5.97 Å². The van der Waals surface area contributed by atoms with Crippen LogP contribution in [-0.4, -0.2) is 42.1 Å². The highest BCUT2D eigenvalue weighted by Gasteiger charge is 2.16. The van der Waals surface area contributed by atoms with E-state index in [0.717, 1.165) is 0 Å². The Morgan fingerprint density at radius 2 is 2.12 bits per heavy atom. The Balaban J connectivity index is 2.89. The molecule has 1 aromatic rings. The third kappa shape index (κ3) is 3.48. The summed E-state index contributed by atoms with van der Waals surface area (Å²) in [5.41, 5.74) is 0.424. The van der Waals surface area contributed by atoms with Crippen molar-refractivity contribution in [2.45, 2.75) is 6.92 Å². The van der Waals surface area contributed by atoms with Crippen LogP contribution in [0.1, 0.15) is 17.3 Å². The van der Waals surface area contributed by atoms with Crippen molar-refractivity contribution in [3.05, 3.63) is 29.8 Å². The molecule has 5 heteroatoms. The number of amides is 1. The number of nitrogens with zero attached hydrogens (tertiary/aromatic N) is 1. The summed E-state index contributed by atoms with van der Waals surface area (Å²) in [6.45, 7) is 1.79. The maximum absolute atomic E-state index is 12.0. The number of benzene rings is 1. The average Bonchev–Trinajstić information content (AvgIpc) is 2.35. The van der Waals surface area contributed by atoms with Crippen LogP contribution in [0.25, 0.3) is 0 Å². The van der Waals surface area contributed by atoms with Crippen LogP contribution in [0.2, 0.25) is 0 Å². The first-order chi connectivity index (χ1) is 8.08. The number of carbonyl (C=O) groups is 2. The molecule has 0 radical (unpaired) electrons. The predicted octanol–water partition coefficient (Wildman–Crippen LogP) is 1.24. The van der Waals surface area contributed by atoms with Crippen LogP contribution in [0.3, 0.4) is 0 Å². The van der Waals surface area contributed by atoms with Gasteiger partial charge < -0.3 is 14.7 Å². The molecule has 0 atom stereocenters. The second-order valence-corrected chi connectivity index (χ2v) is 3.45. The topological polar surface area (TPSA) is 66.8 Å². The number of rotatable bonds is 5. The smallest absolute Gasteiger partial charge is 0.323 e. The van der Waals surface area contributed by atoms with Crippen molar-refractivity contribution in [3.8, 4) is 5.75 Å². The highest BCUT2D eigenvalue weighted by Crippen LogP contribution is 2.14. The Hall–Kier alpha value is -2.04. The number of likely N-dealkylation sites (N-methyl/N-ethyl adjacent to an activating group) is 1. The summed E-state index contributed by atoms with van der Waals surface area (Å²) in [4.78, 5) is 23.9. The van der Waals surface area contributed by atoms with E-state index in [-0.39, 0.29) is 12.5 Å². The summed E-state index contributed by atoms with van der Waals surface area (Å²) in [5.74, 6) is -0.765. The van der Waals surface area contributed by atoms with E-state index in [9.17, 15) is 9.59 Å². The number of aliphatic carboxylic acids is 1. The van der Waals surface area contributed by atoms with Gasteiger partial charge in [-0.3, -0.25) is 9.59 Å². The molecule has 0 bridgehead atoms. The number of hydrogen-bond donors (Lipinski definition) is 1. The van der Waals surface area contributed by atoms with E-state index in [1.165, 1.54) is 12.0 Å².